The van der Waals surface area contributed by atoms with Crippen molar-refractivity contribution in [3.8, 4) is 23.1 Å². The summed E-state index contributed by atoms with van der Waals surface area (Å²) in [6, 6.07) is 17.7. The largest absolute Gasteiger partial charge is 0.324 e. The fourth-order valence-electron chi connectivity index (χ4n) is 2.83. The molecule has 0 radical (unpaired) electrons. The average molecular weight is 367 g/mol. The van der Waals surface area contributed by atoms with Crippen molar-refractivity contribution in [3.63, 3.8) is 0 Å². The Morgan fingerprint density at radius 3 is 2.57 bits per heavy atom. The van der Waals surface area contributed by atoms with Crippen molar-refractivity contribution >= 4 is 11.6 Å². The van der Waals surface area contributed by atoms with Crippen molar-refractivity contribution in [2.75, 3.05) is 5.32 Å². The number of anilines is 2. The van der Waals surface area contributed by atoms with Crippen molar-refractivity contribution in [2.24, 2.45) is 0 Å². The maximum atomic E-state index is 9.47. The SMILES string of the molecule is Cc1ccc(-c2cc(Nc3c(C#N)cnn3-c3ccccn3)nc(C)n2)cc1. The molecule has 0 saturated carbocycles. The van der Waals surface area contributed by atoms with Crippen molar-refractivity contribution in [1.29, 1.82) is 5.26 Å². The third-order valence-electron chi connectivity index (χ3n) is 4.19. The van der Waals surface area contributed by atoms with Gasteiger partial charge in [0, 0.05) is 17.8 Å². The summed E-state index contributed by atoms with van der Waals surface area (Å²) in [4.78, 5) is 13.3. The van der Waals surface area contributed by atoms with E-state index in [4.69, 9.17) is 0 Å². The van der Waals surface area contributed by atoms with Crippen LogP contribution in [-0.4, -0.2) is 24.7 Å². The van der Waals surface area contributed by atoms with Gasteiger partial charge in [-0.05, 0) is 26.0 Å². The molecule has 0 fully saturated rings. The van der Waals surface area contributed by atoms with Crippen LogP contribution >= 0.6 is 0 Å². The maximum absolute atomic E-state index is 9.47. The van der Waals surface area contributed by atoms with Crippen molar-refractivity contribution < 1.29 is 0 Å². The third-order valence-corrected chi connectivity index (χ3v) is 4.19. The standard InChI is InChI=1S/C21H17N7/c1-14-6-8-16(9-7-14)18-11-19(26-15(2)25-18)27-21-17(12-22)13-24-28(21)20-5-3-4-10-23-20/h3-11,13H,1-2H3,(H,25,26,27). The van der Waals surface area contributed by atoms with E-state index in [1.165, 1.54) is 11.8 Å². The minimum atomic E-state index is 0.402. The second-order valence-electron chi connectivity index (χ2n) is 6.30. The summed E-state index contributed by atoms with van der Waals surface area (Å²) in [5.41, 5.74) is 3.39. The molecule has 0 amide bonds. The highest BCUT2D eigenvalue weighted by molar-refractivity contribution is 5.67. The minimum Gasteiger partial charge on any atom is -0.324 e. The first-order valence-corrected chi connectivity index (χ1v) is 8.73. The van der Waals surface area contributed by atoms with E-state index < -0.39 is 0 Å². The van der Waals surface area contributed by atoms with Crippen molar-refractivity contribution in [3.05, 3.63) is 77.9 Å². The summed E-state index contributed by atoms with van der Waals surface area (Å²) in [5.74, 6) is 2.32. The fraction of sp³-hybridized carbons (Fsp3) is 0.0952. The van der Waals surface area contributed by atoms with Crippen molar-refractivity contribution in [2.45, 2.75) is 13.8 Å². The van der Waals surface area contributed by atoms with E-state index in [1.54, 1.807) is 10.9 Å². The van der Waals surface area contributed by atoms with Crippen LogP contribution in [0, 0.1) is 25.2 Å². The Bertz CT molecular complexity index is 1160. The zero-order valence-corrected chi connectivity index (χ0v) is 15.5. The molecular weight excluding hydrogens is 350 g/mol. The lowest BCUT2D eigenvalue weighted by Gasteiger charge is -2.11. The monoisotopic (exact) mass is 367 g/mol. The number of benzene rings is 1. The van der Waals surface area contributed by atoms with Gasteiger partial charge in [-0.15, -0.1) is 0 Å². The van der Waals surface area contributed by atoms with E-state index in [-0.39, 0.29) is 0 Å². The van der Waals surface area contributed by atoms with Gasteiger partial charge < -0.3 is 5.32 Å². The zero-order chi connectivity index (χ0) is 19.5. The van der Waals surface area contributed by atoms with Gasteiger partial charge in [-0.3, -0.25) is 0 Å². The van der Waals surface area contributed by atoms with E-state index >= 15 is 0 Å². The zero-order valence-electron chi connectivity index (χ0n) is 15.5. The van der Waals surface area contributed by atoms with Gasteiger partial charge in [-0.2, -0.15) is 15.0 Å². The first-order valence-electron chi connectivity index (χ1n) is 8.73. The molecule has 0 aliphatic rings. The molecule has 0 aliphatic heterocycles. The Labute approximate surface area is 162 Å². The van der Waals surface area contributed by atoms with Crippen molar-refractivity contribution in [1.82, 2.24) is 24.7 Å². The lowest BCUT2D eigenvalue weighted by atomic mass is 10.1. The van der Waals surface area contributed by atoms with Gasteiger partial charge in [0.25, 0.3) is 0 Å². The normalized spacial score (nSPS) is 10.5. The number of nitrogens with zero attached hydrogens (tertiary/aromatic N) is 6. The van der Waals surface area contributed by atoms with E-state index in [2.05, 4.69) is 31.4 Å². The lowest BCUT2D eigenvalue weighted by Crippen LogP contribution is -2.07. The third kappa shape index (κ3) is 3.44. The molecule has 0 unspecified atom stereocenters. The second kappa shape index (κ2) is 7.29. The minimum absolute atomic E-state index is 0.402. The van der Waals surface area contributed by atoms with E-state index in [0.29, 0.717) is 28.8 Å². The quantitative estimate of drug-likeness (QED) is 0.587. The molecule has 4 aromatic rings. The average Bonchev–Trinajstić information content (AvgIpc) is 3.11. The summed E-state index contributed by atoms with van der Waals surface area (Å²) in [5, 5.41) is 17.0. The predicted molar refractivity (Wildman–Crippen MR) is 106 cm³/mol. The van der Waals surface area contributed by atoms with Gasteiger partial charge >= 0.3 is 0 Å². The number of hydrogen-bond acceptors (Lipinski definition) is 6. The highest BCUT2D eigenvalue weighted by atomic mass is 15.4. The molecule has 0 atom stereocenters. The molecule has 3 aromatic heterocycles. The Hall–Kier alpha value is -4.05. The van der Waals surface area contributed by atoms with Crippen LogP contribution in [0.3, 0.4) is 0 Å². The fourth-order valence-corrected chi connectivity index (χ4v) is 2.83. The van der Waals surface area contributed by atoms with Gasteiger partial charge in [0.2, 0.25) is 0 Å². The number of aromatic nitrogens is 5. The molecular formula is C21H17N7. The number of aryl methyl sites for hydroxylation is 2. The summed E-state index contributed by atoms with van der Waals surface area (Å²) in [7, 11) is 0. The summed E-state index contributed by atoms with van der Waals surface area (Å²) in [6.45, 7) is 3.88. The van der Waals surface area contributed by atoms with Gasteiger partial charge in [-0.25, -0.2) is 15.0 Å². The summed E-state index contributed by atoms with van der Waals surface area (Å²) in [6.07, 6.45) is 3.18. The van der Waals surface area contributed by atoms with Gasteiger partial charge in [0.05, 0.1) is 11.9 Å². The Balaban J connectivity index is 1.75. The summed E-state index contributed by atoms with van der Waals surface area (Å²) < 4.78 is 1.58. The van der Waals surface area contributed by atoms with Gasteiger partial charge in [0.1, 0.15) is 23.3 Å². The Morgan fingerprint density at radius 1 is 1.04 bits per heavy atom. The molecule has 7 nitrogen and oxygen atoms in total. The first-order chi connectivity index (χ1) is 13.6. The molecule has 1 N–H and O–H groups in total. The van der Waals surface area contributed by atoms with Crippen LogP contribution in [0.15, 0.2) is 60.9 Å². The molecule has 0 bridgehead atoms. The number of rotatable bonds is 4. The second-order valence-corrected chi connectivity index (χ2v) is 6.30. The van der Waals surface area contributed by atoms with E-state index in [0.717, 1.165) is 11.3 Å². The first kappa shape index (κ1) is 17.4. The molecule has 0 saturated heterocycles. The molecule has 0 aliphatic carbocycles. The molecule has 3 heterocycles. The van der Waals surface area contributed by atoms with Gasteiger partial charge in [0.15, 0.2) is 11.6 Å². The van der Waals surface area contributed by atoms with E-state index in [1.807, 2.05) is 62.4 Å². The molecule has 4 rings (SSSR count). The predicted octanol–water partition coefficient (Wildman–Crippen LogP) is 3.96. The van der Waals surface area contributed by atoms with Crippen LogP contribution in [0.1, 0.15) is 17.0 Å². The topological polar surface area (TPSA) is 92.3 Å². The van der Waals surface area contributed by atoms with Crippen LogP contribution in [0.25, 0.3) is 17.1 Å². The van der Waals surface area contributed by atoms with E-state index in [9.17, 15) is 5.26 Å². The van der Waals surface area contributed by atoms with Crippen LogP contribution in [-0.2, 0) is 0 Å². The Kier molecular flexibility index (Phi) is 4.52. The van der Waals surface area contributed by atoms with Crippen LogP contribution in [0.5, 0.6) is 0 Å². The number of nitrogens with one attached hydrogen (secondary N) is 1. The number of nitriles is 1. The van der Waals surface area contributed by atoms with Crippen LogP contribution in [0.4, 0.5) is 11.6 Å². The number of hydrogen-bond donors (Lipinski definition) is 1. The molecule has 136 valence electrons. The van der Waals surface area contributed by atoms with Gasteiger partial charge in [-0.1, -0.05) is 35.9 Å². The van der Waals surface area contributed by atoms with Crippen LogP contribution < -0.4 is 5.32 Å². The summed E-state index contributed by atoms with van der Waals surface area (Å²) >= 11 is 0. The molecule has 1 aromatic carbocycles. The number of pyridine rings is 1. The Morgan fingerprint density at radius 2 is 1.86 bits per heavy atom. The lowest BCUT2D eigenvalue weighted by molar-refractivity contribution is 0.853. The van der Waals surface area contributed by atoms with Crippen LogP contribution in [0.2, 0.25) is 0 Å². The maximum Gasteiger partial charge on any atom is 0.155 e. The molecule has 0 spiro atoms. The highest BCUT2D eigenvalue weighted by Crippen LogP contribution is 2.25. The highest BCUT2D eigenvalue weighted by Gasteiger charge is 2.15. The molecule has 7 heteroatoms. The smallest absolute Gasteiger partial charge is 0.155 e. The molecule has 28 heavy (non-hydrogen) atoms.